The summed E-state index contributed by atoms with van der Waals surface area (Å²) in [6.45, 7) is 0. The Hall–Kier alpha value is -1.98. The zero-order chi connectivity index (χ0) is 14.0. The van der Waals surface area contributed by atoms with Crippen molar-refractivity contribution in [2.24, 2.45) is 0 Å². The predicted octanol–water partition coefficient (Wildman–Crippen LogP) is 3.46. The summed E-state index contributed by atoms with van der Waals surface area (Å²) in [6.07, 6.45) is 1.29. The minimum Gasteiger partial charge on any atom is -0.477 e. The molecular formula is C12H8Cl2N2O3. The highest BCUT2D eigenvalue weighted by molar-refractivity contribution is 6.42. The van der Waals surface area contributed by atoms with Gasteiger partial charge in [0.25, 0.3) is 0 Å². The first-order valence-electron chi connectivity index (χ1n) is 5.09. The summed E-state index contributed by atoms with van der Waals surface area (Å²) in [5, 5.41) is 9.53. The molecule has 0 amide bonds. The van der Waals surface area contributed by atoms with Crippen LogP contribution in [0.4, 0.5) is 5.69 Å². The number of nitrogen functional groups attached to an aromatic ring is 1. The third-order valence-corrected chi connectivity index (χ3v) is 3.03. The number of benzene rings is 1. The van der Waals surface area contributed by atoms with Crippen LogP contribution in [0.25, 0.3) is 0 Å². The van der Waals surface area contributed by atoms with Crippen LogP contribution in [0.5, 0.6) is 11.6 Å². The number of carbonyl (C=O) groups is 1. The van der Waals surface area contributed by atoms with E-state index in [1.54, 1.807) is 18.2 Å². The van der Waals surface area contributed by atoms with Crippen LogP contribution in [0, 0.1) is 0 Å². The number of hydrogen-bond acceptors (Lipinski definition) is 4. The number of carboxylic acids is 1. The fraction of sp³-hybridized carbons (Fsp3) is 0. The van der Waals surface area contributed by atoms with Crippen molar-refractivity contribution in [3.8, 4) is 11.6 Å². The number of ether oxygens (including phenoxy) is 1. The summed E-state index contributed by atoms with van der Waals surface area (Å²) >= 11 is 11.8. The number of aromatic carboxylic acids is 1. The van der Waals surface area contributed by atoms with Gasteiger partial charge in [0.15, 0.2) is 0 Å². The molecular weight excluding hydrogens is 291 g/mol. The first-order valence-corrected chi connectivity index (χ1v) is 5.85. The van der Waals surface area contributed by atoms with E-state index in [-0.39, 0.29) is 27.9 Å². The van der Waals surface area contributed by atoms with Crippen LogP contribution in [-0.2, 0) is 0 Å². The molecule has 0 aliphatic carbocycles. The topological polar surface area (TPSA) is 85.4 Å². The molecule has 0 aliphatic rings. The molecule has 0 spiro atoms. The maximum Gasteiger partial charge on any atom is 0.341 e. The quantitative estimate of drug-likeness (QED) is 0.906. The average molecular weight is 299 g/mol. The monoisotopic (exact) mass is 298 g/mol. The molecule has 98 valence electrons. The largest absolute Gasteiger partial charge is 0.477 e. The molecule has 2 aromatic rings. The number of hydrogen-bond donors (Lipinski definition) is 2. The van der Waals surface area contributed by atoms with Gasteiger partial charge in [-0.25, -0.2) is 9.78 Å². The number of halogens is 2. The van der Waals surface area contributed by atoms with Gasteiger partial charge in [0.05, 0.1) is 16.9 Å². The zero-order valence-electron chi connectivity index (χ0n) is 9.43. The van der Waals surface area contributed by atoms with Gasteiger partial charge in [0.2, 0.25) is 5.88 Å². The van der Waals surface area contributed by atoms with E-state index in [4.69, 9.17) is 38.8 Å². The minimum absolute atomic E-state index is 0.106. The van der Waals surface area contributed by atoms with Gasteiger partial charge in [-0.05, 0) is 18.2 Å². The molecule has 0 fully saturated rings. The first kappa shape index (κ1) is 13.5. The highest BCUT2D eigenvalue weighted by Gasteiger charge is 2.16. The van der Waals surface area contributed by atoms with Crippen molar-refractivity contribution < 1.29 is 14.6 Å². The molecule has 1 heterocycles. The second kappa shape index (κ2) is 5.34. The molecule has 1 aromatic heterocycles. The van der Waals surface area contributed by atoms with Crippen molar-refractivity contribution in [2.75, 3.05) is 5.73 Å². The van der Waals surface area contributed by atoms with Crippen LogP contribution in [0.2, 0.25) is 10.0 Å². The van der Waals surface area contributed by atoms with E-state index in [0.717, 1.165) is 0 Å². The Labute approximate surface area is 118 Å². The second-order valence-corrected chi connectivity index (χ2v) is 4.37. The van der Waals surface area contributed by atoms with Crippen LogP contribution in [0.3, 0.4) is 0 Å². The lowest BCUT2D eigenvalue weighted by molar-refractivity contribution is 0.0693. The summed E-state index contributed by atoms with van der Waals surface area (Å²) in [5.74, 6) is -1.09. The van der Waals surface area contributed by atoms with E-state index in [1.165, 1.54) is 12.3 Å². The molecule has 3 N–H and O–H groups in total. The fourth-order valence-corrected chi connectivity index (χ4v) is 1.70. The Balaban J connectivity index is 2.44. The van der Waals surface area contributed by atoms with E-state index < -0.39 is 5.97 Å². The second-order valence-electron chi connectivity index (χ2n) is 3.58. The van der Waals surface area contributed by atoms with Crippen molar-refractivity contribution in [2.45, 2.75) is 0 Å². The fourth-order valence-electron chi connectivity index (χ4n) is 1.37. The molecule has 5 nitrogen and oxygen atoms in total. The molecule has 0 bridgehead atoms. The smallest absolute Gasteiger partial charge is 0.341 e. The SMILES string of the molecule is Nc1cnc(Oc2cccc(Cl)c2Cl)c(C(=O)O)c1. The van der Waals surface area contributed by atoms with Gasteiger partial charge in [-0.3, -0.25) is 0 Å². The van der Waals surface area contributed by atoms with E-state index in [1.807, 2.05) is 0 Å². The van der Waals surface area contributed by atoms with Gasteiger partial charge < -0.3 is 15.6 Å². The number of nitrogens with two attached hydrogens (primary N) is 1. The van der Waals surface area contributed by atoms with Crippen molar-refractivity contribution in [1.29, 1.82) is 0 Å². The Morgan fingerprint density at radius 1 is 1.37 bits per heavy atom. The van der Waals surface area contributed by atoms with Crippen LogP contribution < -0.4 is 10.5 Å². The van der Waals surface area contributed by atoms with Gasteiger partial charge >= 0.3 is 5.97 Å². The Morgan fingerprint density at radius 3 is 2.79 bits per heavy atom. The summed E-state index contributed by atoms with van der Waals surface area (Å²) in [5.41, 5.74) is 5.55. The maximum atomic E-state index is 11.1. The van der Waals surface area contributed by atoms with E-state index in [9.17, 15) is 4.79 Å². The van der Waals surface area contributed by atoms with E-state index in [0.29, 0.717) is 5.02 Å². The lowest BCUT2D eigenvalue weighted by atomic mass is 10.2. The third kappa shape index (κ3) is 2.89. The van der Waals surface area contributed by atoms with E-state index in [2.05, 4.69) is 4.98 Å². The van der Waals surface area contributed by atoms with Crippen molar-refractivity contribution in [1.82, 2.24) is 4.98 Å². The van der Waals surface area contributed by atoms with Gasteiger partial charge in [0.1, 0.15) is 16.3 Å². The normalized spacial score (nSPS) is 10.2. The Morgan fingerprint density at radius 2 is 2.11 bits per heavy atom. The summed E-state index contributed by atoms with van der Waals surface area (Å²) < 4.78 is 5.37. The van der Waals surface area contributed by atoms with Crippen molar-refractivity contribution >= 4 is 34.9 Å². The average Bonchev–Trinajstić information content (AvgIpc) is 2.36. The number of pyridine rings is 1. The van der Waals surface area contributed by atoms with Crippen LogP contribution >= 0.6 is 23.2 Å². The molecule has 7 heteroatoms. The Bertz CT molecular complexity index is 647. The number of aromatic nitrogens is 1. The summed E-state index contributed by atoms with van der Waals surface area (Å²) in [6, 6.07) is 6.02. The lowest BCUT2D eigenvalue weighted by Crippen LogP contribution is -2.03. The number of nitrogens with zero attached hydrogens (tertiary/aromatic N) is 1. The van der Waals surface area contributed by atoms with Gasteiger partial charge in [0, 0.05) is 0 Å². The first-order chi connectivity index (χ1) is 8.99. The Kier molecular flexibility index (Phi) is 3.78. The summed E-state index contributed by atoms with van der Waals surface area (Å²) in [4.78, 5) is 14.9. The maximum absolute atomic E-state index is 11.1. The lowest BCUT2D eigenvalue weighted by Gasteiger charge is -2.10. The van der Waals surface area contributed by atoms with E-state index >= 15 is 0 Å². The summed E-state index contributed by atoms with van der Waals surface area (Å²) in [7, 11) is 0. The molecule has 0 saturated carbocycles. The highest BCUT2D eigenvalue weighted by Crippen LogP contribution is 2.35. The van der Waals surface area contributed by atoms with Crippen molar-refractivity contribution in [3.05, 3.63) is 46.1 Å². The van der Waals surface area contributed by atoms with Gasteiger partial charge in [-0.15, -0.1) is 0 Å². The van der Waals surface area contributed by atoms with Gasteiger partial charge in [-0.2, -0.15) is 0 Å². The molecule has 19 heavy (non-hydrogen) atoms. The number of anilines is 1. The van der Waals surface area contributed by atoms with Crippen LogP contribution in [-0.4, -0.2) is 16.1 Å². The predicted molar refractivity (Wildman–Crippen MR) is 72.1 cm³/mol. The molecule has 0 aliphatic heterocycles. The van der Waals surface area contributed by atoms with Gasteiger partial charge in [-0.1, -0.05) is 29.3 Å². The highest BCUT2D eigenvalue weighted by atomic mass is 35.5. The third-order valence-electron chi connectivity index (χ3n) is 2.23. The number of carboxylic acid groups (broad SMARTS) is 1. The standard InChI is InChI=1S/C12H8Cl2N2O3/c13-8-2-1-3-9(10(8)14)19-11-7(12(17)18)4-6(15)5-16-11/h1-5H,15H2,(H,17,18). The van der Waals surface area contributed by atoms with Crippen molar-refractivity contribution in [3.63, 3.8) is 0 Å². The van der Waals surface area contributed by atoms with Crippen LogP contribution in [0.1, 0.15) is 10.4 Å². The number of rotatable bonds is 3. The van der Waals surface area contributed by atoms with Crippen LogP contribution in [0.15, 0.2) is 30.5 Å². The molecule has 0 atom stereocenters. The zero-order valence-corrected chi connectivity index (χ0v) is 10.9. The molecule has 1 aromatic carbocycles. The molecule has 0 radical (unpaired) electrons. The molecule has 0 saturated heterocycles. The molecule has 0 unspecified atom stereocenters. The molecule has 2 rings (SSSR count). The minimum atomic E-state index is -1.20.